The fourth-order valence-corrected chi connectivity index (χ4v) is 7.13. The normalized spacial score (nSPS) is 12.8. The predicted molar refractivity (Wildman–Crippen MR) is 250 cm³/mol. The molecule has 348 valence electrons. The molecule has 4 aromatic carbocycles. The van der Waals surface area contributed by atoms with Crippen LogP contribution in [0.2, 0.25) is 0 Å². The topological polar surface area (TPSA) is 297 Å². The molecule has 1 aliphatic carbocycles. The average molecular weight is 905 g/mol. The second kappa shape index (κ2) is 22.2. The molecule has 0 aromatic heterocycles. The van der Waals surface area contributed by atoms with E-state index >= 15 is 0 Å². The molecule has 0 saturated carbocycles. The van der Waals surface area contributed by atoms with Gasteiger partial charge >= 0.3 is 12.1 Å². The zero-order chi connectivity index (χ0) is 48.0. The second-order valence-corrected chi connectivity index (χ2v) is 17.4. The SMILES string of the molecule is CC(C)(C)Oc1ccc(C[C@@H](CN=[N+]=[N-])NC(=O)NCCNc2ccc(NCCNC(=O)N[C@H](CN=[N+]=[N-])Cc3ccc(OC(C)(C)C)cc3)c3c2C(=O)c2c(O)ccc(O)c2C3=O)cc1. The maximum atomic E-state index is 14.1. The molecular weight excluding hydrogens is 849 g/mol. The monoisotopic (exact) mass is 904 g/mol. The summed E-state index contributed by atoms with van der Waals surface area (Å²) in [5.74, 6) is -1.02. The van der Waals surface area contributed by atoms with Gasteiger partial charge in [-0.1, -0.05) is 34.5 Å². The number of rotatable bonds is 20. The van der Waals surface area contributed by atoms with Crippen LogP contribution in [0, 0.1) is 0 Å². The van der Waals surface area contributed by atoms with Crippen molar-refractivity contribution in [3.05, 3.63) is 127 Å². The molecule has 4 aromatic rings. The maximum absolute atomic E-state index is 14.1. The zero-order valence-corrected chi connectivity index (χ0v) is 37.8. The number of amides is 4. The van der Waals surface area contributed by atoms with Crippen molar-refractivity contribution in [3.63, 3.8) is 0 Å². The smallest absolute Gasteiger partial charge is 0.315 e. The largest absolute Gasteiger partial charge is 0.507 e. The third-order valence-electron chi connectivity index (χ3n) is 9.79. The lowest BCUT2D eigenvalue weighted by molar-refractivity contribution is 0.0975. The summed E-state index contributed by atoms with van der Waals surface area (Å²) in [5, 5.41) is 46.0. The Balaban J connectivity index is 1.21. The number of azide groups is 2. The lowest BCUT2D eigenvalue weighted by Crippen LogP contribution is -2.45. The fraction of sp³-hybridized carbons (Fsp3) is 0.391. The van der Waals surface area contributed by atoms with Crippen molar-refractivity contribution >= 4 is 35.0 Å². The van der Waals surface area contributed by atoms with Crippen LogP contribution in [0.4, 0.5) is 21.0 Å². The third-order valence-corrected chi connectivity index (χ3v) is 9.79. The number of phenols is 2. The molecule has 66 heavy (non-hydrogen) atoms. The number of urea groups is 2. The summed E-state index contributed by atoms with van der Waals surface area (Å²) in [4.78, 5) is 59.7. The summed E-state index contributed by atoms with van der Waals surface area (Å²) in [6.45, 7) is 12.0. The molecule has 1 aliphatic rings. The van der Waals surface area contributed by atoms with E-state index in [0.717, 1.165) is 23.3 Å². The highest BCUT2D eigenvalue weighted by molar-refractivity contribution is 6.33. The van der Waals surface area contributed by atoms with E-state index in [1.807, 2.05) is 90.1 Å². The molecular formula is C46H56N12O8. The predicted octanol–water partition coefficient (Wildman–Crippen LogP) is 7.49. The number of carbonyl (C=O) groups excluding carboxylic acids is 4. The molecule has 0 saturated heterocycles. The van der Waals surface area contributed by atoms with Gasteiger partial charge in [-0.05, 0) is 125 Å². The average Bonchev–Trinajstić information content (AvgIpc) is 3.25. The molecule has 8 N–H and O–H groups in total. The minimum absolute atomic E-state index is 0.00194. The Hall–Kier alpha value is -7.82. The highest BCUT2D eigenvalue weighted by atomic mass is 16.5. The van der Waals surface area contributed by atoms with Crippen LogP contribution in [0.3, 0.4) is 0 Å². The first-order valence-corrected chi connectivity index (χ1v) is 21.3. The molecule has 0 bridgehead atoms. The molecule has 2 atom stereocenters. The number of nitrogens with one attached hydrogen (secondary N) is 6. The Morgan fingerprint density at radius 1 is 0.576 bits per heavy atom. The number of hydrogen-bond acceptors (Lipinski definition) is 12. The molecule has 0 heterocycles. The van der Waals surface area contributed by atoms with Crippen molar-refractivity contribution in [1.29, 1.82) is 0 Å². The van der Waals surface area contributed by atoms with E-state index in [-0.39, 0.29) is 84.1 Å². The standard InChI is InChI=1S/C46H56N12O8/c1-45(2,3)65-31-11-7-27(8-12-31)23-29(25-53-57-47)55-43(63)51-21-19-49-33-15-16-34(38-37(33)41(61)39-35(59)17-18-36(60)40(39)42(38)62)50-20-22-52-44(64)56-30(26-54-58-48)24-28-9-13-32(14-10-28)66-46(4,5)6/h7-18,29-30,49-50,59-60H,19-26H2,1-6H3,(H2,51,55,63)(H2,52,56,64)/t29-,30-/m0/s1. The Morgan fingerprint density at radius 2 is 0.939 bits per heavy atom. The van der Waals surface area contributed by atoms with Gasteiger partial charge in [0, 0.05) is 72.6 Å². The number of aromatic hydroxyl groups is 2. The van der Waals surface area contributed by atoms with Crippen LogP contribution in [0.25, 0.3) is 20.9 Å². The van der Waals surface area contributed by atoms with E-state index in [2.05, 4.69) is 52.0 Å². The van der Waals surface area contributed by atoms with Crippen molar-refractivity contribution in [2.75, 3.05) is 49.9 Å². The van der Waals surface area contributed by atoms with Gasteiger partial charge in [-0.3, -0.25) is 9.59 Å². The van der Waals surface area contributed by atoms with E-state index in [1.54, 1.807) is 12.1 Å². The summed E-state index contributed by atoms with van der Waals surface area (Å²) in [7, 11) is 0. The van der Waals surface area contributed by atoms with Crippen LogP contribution in [-0.2, 0) is 12.8 Å². The highest BCUT2D eigenvalue weighted by Crippen LogP contribution is 2.42. The van der Waals surface area contributed by atoms with E-state index < -0.39 is 47.2 Å². The first-order valence-electron chi connectivity index (χ1n) is 21.3. The van der Waals surface area contributed by atoms with E-state index in [1.165, 1.54) is 0 Å². The number of ketones is 2. The Kier molecular flexibility index (Phi) is 16.5. The van der Waals surface area contributed by atoms with Crippen LogP contribution < -0.4 is 41.4 Å². The molecule has 4 amide bonds. The van der Waals surface area contributed by atoms with Gasteiger partial charge in [0.1, 0.15) is 34.2 Å². The van der Waals surface area contributed by atoms with Gasteiger partial charge in [-0.15, -0.1) is 0 Å². The van der Waals surface area contributed by atoms with Crippen LogP contribution >= 0.6 is 0 Å². The van der Waals surface area contributed by atoms with Gasteiger partial charge in [-0.25, -0.2) is 9.59 Å². The quantitative estimate of drug-likeness (QED) is 0.0125. The number of benzene rings is 4. The number of fused-ring (bicyclic) bond motifs is 2. The number of phenolic OH excluding ortho intramolecular Hbond substituents is 2. The summed E-state index contributed by atoms with van der Waals surface area (Å²) < 4.78 is 11.8. The molecule has 5 rings (SSSR count). The molecule has 0 radical (unpaired) electrons. The molecule has 20 heteroatoms. The Morgan fingerprint density at radius 3 is 1.27 bits per heavy atom. The van der Waals surface area contributed by atoms with Crippen molar-refractivity contribution in [1.82, 2.24) is 21.3 Å². The van der Waals surface area contributed by atoms with Crippen molar-refractivity contribution < 1.29 is 38.9 Å². The second-order valence-electron chi connectivity index (χ2n) is 17.4. The van der Waals surface area contributed by atoms with Crippen molar-refractivity contribution in [2.24, 2.45) is 10.2 Å². The van der Waals surface area contributed by atoms with Gasteiger partial charge in [-0.2, -0.15) is 0 Å². The van der Waals surface area contributed by atoms with Gasteiger partial charge < -0.3 is 51.6 Å². The van der Waals surface area contributed by atoms with Crippen molar-refractivity contribution in [2.45, 2.75) is 77.7 Å². The summed E-state index contributed by atoms with van der Waals surface area (Å²) in [5.41, 5.74) is 18.5. The van der Waals surface area contributed by atoms with Gasteiger partial charge in [0.05, 0.1) is 22.3 Å². The molecule has 0 spiro atoms. The molecule has 20 nitrogen and oxygen atoms in total. The summed E-state index contributed by atoms with van der Waals surface area (Å²) in [6, 6.07) is 18.1. The molecule has 0 aliphatic heterocycles. The fourth-order valence-electron chi connectivity index (χ4n) is 7.13. The Bertz CT molecular complexity index is 2320. The summed E-state index contributed by atoms with van der Waals surface area (Å²) >= 11 is 0. The number of nitrogens with zero attached hydrogens (tertiary/aromatic N) is 6. The molecule has 0 fully saturated rings. The van der Waals surface area contributed by atoms with Gasteiger partial charge in [0.15, 0.2) is 0 Å². The van der Waals surface area contributed by atoms with Gasteiger partial charge in [0.2, 0.25) is 11.6 Å². The highest BCUT2D eigenvalue weighted by Gasteiger charge is 2.38. The van der Waals surface area contributed by atoms with E-state index in [0.29, 0.717) is 24.3 Å². The van der Waals surface area contributed by atoms with Crippen LogP contribution in [0.5, 0.6) is 23.0 Å². The molecule has 0 unspecified atom stereocenters. The minimum Gasteiger partial charge on any atom is -0.507 e. The third kappa shape index (κ3) is 14.1. The van der Waals surface area contributed by atoms with Crippen LogP contribution in [0.1, 0.15) is 84.5 Å². The lowest BCUT2D eigenvalue weighted by Gasteiger charge is -2.25. The first kappa shape index (κ1) is 49.2. The van der Waals surface area contributed by atoms with Crippen LogP contribution in [0.15, 0.2) is 83.0 Å². The Labute approximate surface area is 382 Å². The van der Waals surface area contributed by atoms with Gasteiger partial charge in [0.25, 0.3) is 0 Å². The van der Waals surface area contributed by atoms with E-state index in [9.17, 15) is 29.4 Å². The first-order chi connectivity index (χ1) is 31.3. The number of ether oxygens (including phenoxy) is 2. The number of anilines is 2. The van der Waals surface area contributed by atoms with Crippen molar-refractivity contribution in [3.8, 4) is 23.0 Å². The number of hydrogen-bond donors (Lipinski definition) is 8. The lowest BCUT2D eigenvalue weighted by atomic mass is 9.81. The minimum atomic E-state index is -0.719. The zero-order valence-electron chi connectivity index (χ0n) is 37.8. The summed E-state index contributed by atoms with van der Waals surface area (Å²) in [6.07, 6.45) is 0.750. The van der Waals surface area contributed by atoms with Crippen LogP contribution in [-0.4, -0.2) is 96.4 Å². The maximum Gasteiger partial charge on any atom is 0.315 e. The number of carbonyl (C=O) groups is 4. The van der Waals surface area contributed by atoms with E-state index in [4.69, 9.17) is 20.5 Å².